The van der Waals surface area contributed by atoms with Gasteiger partial charge >= 0.3 is 0 Å². The molecule has 3 rings (SSSR count). The van der Waals surface area contributed by atoms with Crippen LogP contribution in [0.25, 0.3) is 22.6 Å². The predicted octanol–water partition coefficient (Wildman–Crippen LogP) is 4.44. The fraction of sp³-hybridized carbons (Fsp3) is 0.0526. The van der Waals surface area contributed by atoms with Gasteiger partial charge in [-0.25, -0.2) is 4.98 Å². The number of oxazole rings is 1. The highest BCUT2D eigenvalue weighted by Gasteiger charge is 2.08. The summed E-state index contributed by atoms with van der Waals surface area (Å²) >= 11 is 0. The van der Waals surface area contributed by atoms with Crippen LogP contribution < -0.4 is 5.32 Å². The number of carbonyl (C=O) groups is 1. The molecule has 0 saturated heterocycles. The molecular formula is C19H16N2O2. The Hall–Kier alpha value is -3.14. The number of carbonyl (C=O) groups excluding carboxylic acids is 1. The van der Waals surface area contributed by atoms with E-state index in [2.05, 4.69) is 29.9 Å². The van der Waals surface area contributed by atoms with Gasteiger partial charge in [-0.05, 0) is 54.0 Å². The largest absolute Gasteiger partial charge is 0.445 e. The summed E-state index contributed by atoms with van der Waals surface area (Å²) in [7, 11) is 0. The molecule has 0 bridgehead atoms. The number of aryl methyl sites for hydroxylation is 1. The first-order valence-corrected chi connectivity index (χ1v) is 7.22. The van der Waals surface area contributed by atoms with Crippen LogP contribution >= 0.6 is 0 Å². The third kappa shape index (κ3) is 3.21. The number of rotatable bonds is 4. The third-order valence-corrected chi connectivity index (χ3v) is 3.57. The first-order valence-electron chi connectivity index (χ1n) is 7.22. The maximum Gasteiger partial charge on any atom is 0.247 e. The molecule has 1 amide bonds. The van der Waals surface area contributed by atoms with Crippen LogP contribution in [0.2, 0.25) is 0 Å². The van der Waals surface area contributed by atoms with Crippen LogP contribution in [0.4, 0.5) is 5.69 Å². The molecule has 0 aliphatic heterocycles. The van der Waals surface area contributed by atoms with E-state index in [1.165, 1.54) is 6.08 Å². The summed E-state index contributed by atoms with van der Waals surface area (Å²) < 4.78 is 5.36. The highest BCUT2D eigenvalue weighted by molar-refractivity contribution is 5.99. The monoisotopic (exact) mass is 304 g/mol. The van der Waals surface area contributed by atoms with Crippen LogP contribution in [0.1, 0.15) is 5.56 Å². The van der Waals surface area contributed by atoms with Gasteiger partial charge in [0.05, 0.1) is 6.20 Å². The number of hydrogen-bond acceptors (Lipinski definition) is 3. The second-order valence-corrected chi connectivity index (χ2v) is 5.14. The Balaban J connectivity index is 1.93. The van der Waals surface area contributed by atoms with E-state index >= 15 is 0 Å². The summed E-state index contributed by atoms with van der Waals surface area (Å²) in [6, 6.07) is 13.8. The third-order valence-electron chi connectivity index (χ3n) is 3.57. The molecule has 0 radical (unpaired) electrons. The fourth-order valence-electron chi connectivity index (χ4n) is 2.36. The van der Waals surface area contributed by atoms with Crippen LogP contribution in [0, 0.1) is 6.92 Å². The van der Waals surface area contributed by atoms with E-state index in [1.807, 2.05) is 36.4 Å². The van der Waals surface area contributed by atoms with Crippen molar-refractivity contribution in [3.05, 3.63) is 73.1 Å². The molecule has 0 unspecified atom stereocenters. The summed E-state index contributed by atoms with van der Waals surface area (Å²) in [5.41, 5.74) is 4.98. The van der Waals surface area contributed by atoms with E-state index in [4.69, 9.17) is 4.42 Å². The second kappa shape index (κ2) is 6.32. The molecule has 3 aromatic rings. The van der Waals surface area contributed by atoms with Gasteiger partial charge in [-0.1, -0.05) is 24.8 Å². The average Bonchev–Trinajstić information content (AvgIpc) is 3.10. The Morgan fingerprint density at radius 1 is 1.17 bits per heavy atom. The van der Waals surface area contributed by atoms with E-state index in [9.17, 15) is 4.79 Å². The molecule has 4 nitrogen and oxygen atoms in total. The SMILES string of the molecule is C=CC(=O)Nc1ccc(-c2cc(-c3ncco3)ccc2C)cc1. The van der Waals surface area contributed by atoms with Crippen molar-refractivity contribution in [3.63, 3.8) is 0 Å². The Morgan fingerprint density at radius 2 is 1.91 bits per heavy atom. The fourth-order valence-corrected chi connectivity index (χ4v) is 2.36. The van der Waals surface area contributed by atoms with Crippen LogP contribution in [0.15, 0.2) is 72.0 Å². The zero-order chi connectivity index (χ0) is 16.2. The minimum Gasteiger partial charge on any atom is -0.445 e. The van der Waals surface area contributed by atoms with Crippen LogP contribution in [-0.2, 0) is 4.79 Å². The number of nitrogens with zero attached hydrogens (tertiary/aromatic N) is 1. The molecule has 4 heteroatoms. The molecule has 0 fully saturated rings. The lowest BCUT2D eigenvalue weighted by Crippen LogP contribution is -2.06. The van der Waals surface area contributed by atoms with E-state index in [-0.39, 0.29) is 5.91 Å². The predicted molar refractivity (Wildman–Crippen MR) is 90.9 cm³/mol. The van der Waals surface area contributed by atoms with E-state index < -0.39 is 0 Å². The molecule has 0 spiro atoms. The smallest absolute Gasteiger partial charge is 0.247 e. The van der Waals surface area contributed by atoms with Crippen molar-refractivity contribution in [2.24, 2.45) is 0 Å². The molecule has 0 aliphatic rings. The van der Waals surface area contributed by atoms with Gasteiger partial charge in [0.15, 0.2) is 0 Å². The minimum atomic E-state index is -0.222. The Bertz CT molecular complexity index is 834. The van der Waals surface area contributed by atoms with Crippen molar-refractivity contribution < 1.29 is 9.21 Å². The quantitative estimate of drug-likeness (QED) is 0.725. The van der Waals surface area contributed by atoms with Gasteiger partial charge in [0.25, 0.3) is 0 Å². The van der Waals surface area contributed by atoms with E-state index in [0.717, 1.165) is 27.9 Å². The zero-order valence-corrected chi connectivity index (χ0v) is 12.7. The number of nitrogens with one attached hydrogen (secondary N) is 1. The highest BCUT2D eigenvalue weighted by atomic mass is 16.3. The van der Waals surface area contributed by atoms with Crippen LogP contribution in [-0.4, -0.2) is 10.9 Å². The summed E-state index contributed by atoms with van der Waals surface area (Å²) in [6.07, 6.45) is 4.44. The maximum atomic E-state index is 11.3. The molecule has 23 heavy (non-hydrogen) atoms. The topological polar surface area (TPSA) is 55.1 Å². The number of benzene rings is 2. The van der Waals surface area contributed by atoms with Crippen molar-refractivity contribution in [1.29, 1.82) is 0 Å². The molecule has 1 aromatic heterocycles. The normalized spacial score (nSPS) is 10.3. The molecule has 0 atom stereocenters. The number of aromatic nitrogens is 1. The van der Waals surface area contributed by atoms with Gasteiger partial charge in [-0.3, -0.25) is 4.79 Å². The standard InChI is InChI=1S/C19H16N2O2/c1-3-18(22)21-16-8-6-14(7-9-16)17-12-15(5-4-13(17)2)19-20-10-11-23-19/h3-12H,1H2,2H3,(H,21,22). The molecular weight excluding hydrogens is 288 g/mol. The second-order valence-electron chi connectivity index (χ2n) is 5.14. The number of hydrogen-bond donors (Lipinski definition) is 1. The lowest BCUT2D eigenvalue weighted by Gasteiger charge is -2.09. The van der Waals surface area contributed by atoms with Crippen molar-refractivity contribution in [2.45, 2.75) is 6.92 Å². The van der Waals surface area contributed by atoms with Gasteiger partial charge in [0, 0.05) is 11.3 Å². The zero-order valence-electron chi connectivity index (χ0n) is 12.7. The number of anilines is 1. The van der Waals surface area contributed by atoms with Crippen molar-refractivity contribution in [1.82, 2.24) is 4.98 Å². The van der Waals surface area contributed by atoms with Gasteiger partial charge in [-0.2, -0.15) is 0 Å². The first-order chi connectivity index (χ1) is 11.2. The first kappa shape index (κ1) is 14.8. The van der Waals surface area contributed by atoms with E-state index in [0.29, 0.717) is 5.89 Å². The average molecular weight is 304 g/mol. The lowest BCUT2D eigenvalue weighted by molar-refractivity contribution is -0.111. The summed E-state index contributed by atoms with van der Waals surface area (Å²) in [4.78, 5) is 15.5. The van der Waals surface area contributed by atoms with Crippen molar-refractivity contribution in [3.8, 4) is 22.6 Å². The Morgan fingerprint density at radius 3 is 2.57 bits per heavy atom. The van der Waals surface area contributed by atoms with Crippen molar-refractivity contribution >= 4 is 11.6 Å². The van der Waals surface area contributed by atoms with Gasteiger partial charge < -0.3 is 9.73 Å². The Kier molecular flexibility index (Phi) is 4.06. The molecule has 2 aromatic carbocycles. The summed E-state index contributed by atoms with van der Waals surface area (Å²) in [5.74, 6) is 0.376. The van der Waals surface area contributed by atoms with Gasteiger partial charge in [0.1, 0.15) is 6.26 Å². The molecule has 1 heterocycles. The van der Waals surface area contributed by atoms with Crippen molar-refractivity contribution in [2.75, 3.05) is 5.32 Å². The van der Waals surface area contributed by atoms with Crippen LogP contribution in [0.3, 0.4) is 0 Å². The highest BCUT2D eigenvalue weighted by Crippen LogP contribution is 2.29. The van der Waals surface area contributed by atoms with Gasteiger partial charge in [-0.15, -0.1) is 0 Å². The minimum absolute atomic E-state index is 0.222. The molecule has 0 saturated carbocycles. The summed E-state index contributed by atoms with van der Waals surface area (Å²) in [5, 5.41) is 2.74. The molecule has 1 N–H and O–H groups in total. The number of amides is 1. The van der Waals surface area contributed by atoms with Gasteiger partial charge in [0.2, 0.25) is 11.8 Å². The Labute approximate surface area is 134 Å². The lowest BCUT2D eigenvalue weighted by atomic mass is 9.98. The maximum absolute atomic E-state index is 11.3. The van der Waals surface area contributed by atoms with E-state index in [1.54, 1.807) is 12.5 Å². The van der Waals surface area contributed by atoms with Crippen LogP contribution in [0.5, 0.6) is 0 Å². The molecule has 114 valence electrons. The summed E-state index contributed by atoms with van der Waals surface area (Å²) in [6.45, 7) is 5.50. The molecule has 0 aliphatic carbocycles.